The molecule has 1 aliphatic rings. The van der Waals surface area contributed by atoms with Crippen LogP contribution >= 0.6 is 12.4 Å². The molecule has 1 aliphatic heterocycles. The largest absolute Gasteiger partial charge is 0.496 e. The quantitative estimate of drug-likeness (QED) is 0.695. The van der Waals surface area contributed by atoms with Crippen molar-refractivity contribution >= 4 is 29.8 Å². The van der Waals surface area contributed by atoms with Crippen LogP contribution in [0.25, 0.3) is 0 Å². The standard InChI is InChI=1S/C21H22F3N3O3.ClH/c1-20(2)11-27(3)10-13-7-14(9-25-17(13)20)26-19(29)12-5-6-16(30-4)15(8-12)18(28)21(22,23)24;/h5-9H,10-11H2,1-4H3,(H,26,29);1H. The minimum absolute atomic E-state index is 0. The summed E-state index contributed by atoms with van der Waals surface area (Å²) in [4.78, 5) is 30.9. The lowest BCUT2D eigenvalue weighted by molar-refractivity contribution is -0.0886. The number of halogens is 4. The number of aromatic nitrogens is 1. The van der Waals surface area contributed by atoms with Crippen LogP contribution < -0.4 is 10.1 Å². The summed E-state index contributed by atoms with van der Waals surface area (Å²) in [5.41, 5.74) is 1.37. The van der Waals surface area contributed by atoms with Gasteiger partial charge in [-0.05, 0) is 36.9 Å². The number of hydrogen-bond acceptors (Lipinski definition) is 5. The highest BCUT2D eigenvalue weighted by molar-refractivity contribution is 6.08. The molecule has 1 amide bonds. The average Bonchev–Trinajstić information content (AvgIpc) is 2.65. The molecule has 6 nitrogen and oxygen atoms in total. The molecule has 0 atom stereocenters. The number of ether oxygens (including phenoxy) is 1. The van der Waals surface area contributed by atoms with Crippen LogP contribution in [0.3, 0.4) is 0 Å². The number of likely N-dealkylation sites (N-methyl/N-ethyl adjacent to an activating group) is 1. The highest BCUT2D eigenvalue weighted by atomic mass is 35.5. The van der Waals surface area contributed by atoms with Gasteiger partial charge in [0.2, 0.25) is 0 Å². The van der Waals surface area contributed by atoms with Crippen molar-refractivity contribution in [3.63, 3.8) is 0 Å². The number of rotatable bonds is 4. The van der Waals surface area contributed by atoms with Crippen LogP contribution in [-0.2, 0) is 12.0 Å². The smallest absolute Gasteiger partial charge is 0.455 e. The first-order valence-corrected chi connectivity index (χ1v) is 9.21. The van der Waals surface area contributed by atoms with Gasteiger partial charge in [0.15, 0.2) is 0 Å². The topological polar surface area (TPSA) is 71.5 Å². The Balaban J connectivity index is 0.00000341. The van der Waals surface area contributed by atoms with Crippen molar-refractivity contribution < 1.29 is 27.5 Å². The van der Waals surface area contributed by atoms with Crippen molar-refractivity contribution in [2.24, 2.45) is 0 Å². The maximum Gasteiger partial charge on any atom is 0.455 e. The Kier molecular flexibility index (Phi) is 7.02. The number of alkyl halides is 3. The van der Waals surface area contributed by atoms with Crippen LogP contribution in [0.1, 0.15) is 45.8 Å². The molecule has 0 aliphatic carbocycles. The molecular weight excluding hydrogens is 435 g/mol. The minimum atomic E-state index is -5.08. The van der Waals surface area contributed by atoms with E-state index < -0.39 is 23.4 Å². The number of carbonyl (C=O) groups excluding carboxylic acids is 2. The molecule has 0 saturated carbocycles. The molecule has 168 valence electrons. The Bertz CT molecular complexity index is 1010. The molecule has 0 fully saturated rings. The summed E-state index contributed by atoms with van der Waals surface area (Å²) in [5, 5.41) is 2.64. The summed E-state index contributed by atoms with van der Waals surface area (Å²) in [7, 11) is 3.14. The summed E-state index contributed by atoms with van der Waals surface area (Å²) in [6.45, 7) is 5.69. The lowest BCUT2D eigenvalue weighted by Gasteiger charge is -2.37. The van der Waals surface area contributed by atoms with Gasteiger partial charge >= 0.3 is 6.18 Å². The third kappa shape index (κ3) is 5.16. The fourth-order valence-electron chi connectivity index (χ4n) is 3.79. The third-order valence-electron chi connectivity index (χ3n) is 4.93. The van der Waals surface area contributed by atoms with Crippen LogP contribution in [0.2, 0.25) is 0 Å². The Morgan fingerprint density at radius 3 is 2.52 bits per heavy atom. The predicted molar refractivity (Wildman–Crippen MR) is 112 cm³/mol. The summed E-state index contributed by atoms with van der Waals surface area (Å²) in [6, 6.07) is 5.15. The fourth-order valence-corrected chi connectivity index (χ4v) is 3.79. The number of amides is 1. The first-order chi connectivity index (χ1) is 13.9. The van der Waals surface area contributed by atoms with Crippen LogP contribution in [0.4, 0.5) is 18.9 Å². The second-order valence-electron chi connectivity index (χ2n) is 7.98. The number of ketones is 1. The number of benzene rings is 1. The maximum atomic E-state index is 12.9. The van der Waals surface area contributed by atoms with Gasteiger partial charge in [0.05, 0.1) is 30.3 Å². The zero-order valence-electron chi connectivity index (χ0n) is 17.5. The van der Waals surface area contributed by atoms with E-state index in [2.05, 4.69) is 29.0 Å². The SMILES string of the molecule is COc1ccc(C(=O)Nc2cnc3c(c2)CN(C)CC3(C)C)cc1C(=O)C(F)(F)F.Cl. The minimum Gasteiger partial charge on any atom is -0.496 e. The summed E-state index contributed by atoms with van der Waals surface area (Å²) < 4.78 is 43.4. The molecule has 1 aromatic carbocycles. The van der Waals surface area contributed by atoms with E-state index >= 15 is 0 Å². The van der Waals surface area contributed by atoms with Gasteiger partial charge in [0.1, 0.15) is 5.75 Å². The van der Waals surface area contributed by atoms with E-state index in [0.717, 1.165) is 37.0 Å². The summed E-state index contributed by atoms with van der Waals surface area (Å²) in [6.07, 6.45) is -3.56. The van der Waals surface area contributed by atoms with Gasteiger partial charge in [0.25, 0.3) is 11.7 Å². The zero-order valence-corrected chi connectivity index (χ0v) is 18.3. The van der Waals surface area contributed by atoms with E-state index in [1.807, 2.05) is 13.1 Å². The van der Waals surface area contributed by atoms with Crippen LogP contribution in [0.5, 0.6) is 5.75 Å². The summed E-state index contributed by atoms with van der Waals surface area (Å²) in [5.74, 6) is -2.98. The van der Waals surface area contributed by atoms with E-state index in [-0.39, 0.29) is 29.1 Å². The highest BCUT2D eigenvalue weighted by Gasteiger charge is 2.41. The number of carbonyl (C=O) groups is 2. The Morgan fingerprint density at radius 1 is 1.23 bits per heavy atom. The van der Waals surface area contributed by atoms with Crippen LogP contribution in [0, 0.1) is 0 Å². The van der Waals surface area contributed by atoms with Crippen molar-refractivity contribution in [1.29, 1.82) is 0 Å². The van der Waals surface area contributed by atoms with E-state index in [1.54, 1.807) is 0 Å². The molecule has 2 aromatic rings. The lowest BCUT2D eigenvalue weighted by Crippen LogP contribution is -2.40. The molecule has 3 rings (SSSR count). The monoisotopic (exact) mass is 457 g/mol. The van der Waals surface area contributed by atoms with Gasteiger partial charge in [-0.2, -0.15) is 13.2 Å². The molecule has 31 heavy (non-hydrogen) atoms. The molecule has 1 aromatic heterocycles. The molecule has 0 spiro atoms. The average molecular weight is 458 g/mol. The molecule has 2 heterocycles. The normalized spacial score (nSPS) is 15.5. The van der Waals surface area contributed by atoms with E-state index in [9.17, 15) is 22.8 Å². The van der Waals surface area contributed by atoms with Crippen molar-refractivity contribution in [3.05, 3.63) is 52.8 Å². The highest BCUT2D eigenvalue weighted by Crippen LogP contribution is 2.33. The molecule has 1 N–H and O–H groups in total. The molecule has 0 unspecified atom stereocenters. The lowest BCUT2D eigenvalue weighted by atomic mass is 9.82. The Morgan fingerprint density at radius 2 is 1.90 bits per heavy atom. The predicted octanol–water partition coefficient (Wildman–Crippen LogP) is 4.23. The van der Waals surface area contributed by atoms with E-state index in [4.69, 9.17) is 4.74 Å². The number of methoxy groups -OCH3 is 1. The summed E-state index contributed by atoms with van der Waals surface area (Å²) >= 11 is 0. The number of Topliss-reactive ketones (excluding diaryl/α,β-unsaturated/α-hetero) is 1. The second kappa shape index (κ2) is 8.84. The number of nitrogens with zero attached hydrogens (tertiary/aromatic N) is 2. The Hall–Kier alpha value is -2.65. The van der Waals surface area contributed by atoms with Gasteiger partial charge in [0, 0.05) is 24.1 Å². The molecule has 0 saturated heterocycles. The third-order valence-corrected chi connectivity index (χ3v) is 4.93. The van der Waals surface area contributed by atoms with Crippen molar-refractivity contribution in [3.8, 4) is 5.75 Å². The number of fused-ring (bicyclic) bond motifs is 1. The molecule has 0 radical (unpaired) electrons. The van der Waals surface area contributed by atoms with Crippen molar-refractivity contribution in [1.82, 2.24) is 9.88 Å². The number of anilines is 1. The maximum absolute atomic E-state index is 12.9. The fraction of sp³-hybridized carbons (Fsp3) is 0.381. The second-order valence-corrected chi connectivity index (χ2v) is 7.98. The molecular formula is C21H23ClF3N3O3. The van der Waals surface area contributed by atoms with E-state index in [0.29, 0.717) is 12.2 Å². The van der Waals surface area contributed by atoms with Crippen molar-refractivity contribution in [2.75, 3.05) is 26.0 Å². The van der Waals surface area contributed by atoms with Crippen LogP contribution in [0.15, 0.2) is 30.5 Å². The number of nitrogens with one attached hydrogen (secondary N) is 1. The first kappa shape index (κ1) is 24.6. The van der Waals surface area contributed by atoms with Crippen LogP contribution in [-0.4, -0.2) is 48.5 Å². The van der Waals surface area contributed by atoms with Gasteiger partial charge < -0.3 is 15.0 Å². The number of hydrogen-bond donors (Lipinski definition) is 1. The van der Waals surface area contributed by atoms with Gasteiger partial charge in [-0.3, -0.25) is 14.6 Å². The van der Waals surface area contributed by atoms with Gasteiger partial charge in [-0.25, -0.2) is 0 Å². The van der Waals surface area contributed by atoms with E-state index in [1.165, 1.54) is 12.3 Å². The van der Waals surface area contributed by atoms with Gasteiger partial charge in [-0.1, -0.05) is 13.8 Å². The molecule has 10 heteroatoms. The zero-order chi connectivity index (χ0) is 22.3. The van der Waals surface area contributed by atoms with Gasteiger partial charge in [-0.15, -0.1) is 12.4 Å². The van der Waals surface area contributed by atoms with Crippen molar-refractivity contribution in [2.45, 2.75) is 32.0 Å². The Labute approximate surface area is 184 Å². The number of pyridine rings is 1. The molecule has 0 bridgehead atoms. The first-order valence-electron chi connectivity index (χ1n) is 9.21.